The van der Waals surface area contributed by atoms with Gasteiger partial charge in [-0.25, -0.2) is 4.39 Å². The Morgan fingerprint density at radius 3 is 2.38 bits per heavy atom. The minimum atomic E-state index is -0.480. The lowest BCUT2D eigenvalue weighted by Gasteiger charge is -2.34. The molecular formula is C16H21FN2O2. The topological polar surface area (TPSA) is 40.6 Å². The number of carbonyl (C=O) groups excluding carboxylic acids is 2. The van der Waals surface area contributed by atoms with Gasteiger partial charge in [0.15, 0.2) is 5.78 Å². The van der Waals surface area contributed by atoms with Gasteiger partial charge in [-0.2, -0.15) is 0 Å². The van der Waals surface area contributed by atoms with Gasteiger partial charge in [0, 0.05) is 33.1 Å². The van der Waals surface area contributed by atoms with Crippen molar-refractivity contribution in [3.8, 4) is 0 Å². The van der Waals surface area contributed by atoms with E-state index in [1.54, 1.807) is 31.1 Å². The average molecular weight is 292 g/mol. The molecule has 1 aliphatic heterocycles. The van der Waals surface area contributed by atoms with Crippen molar-refractivity contribution >= 4 is 17.4 Å². The van der Waals surface area contributed by atoms with Crippen LogP contribution in [0.5, 0.6) is 0 Å². The van der Waals surface area contributed by atoms with Gasteiger partial charge in [-0.15, -0.1) is 0 Å². The molecule has 0 atom stereocenters. The van der Waals surface area contributed by atoms with E-state index in [0.29, 0.717) is 18.8 Å². The maximum Gasteiger partial charge on any atom is 0.225 e. The first-order valence-corrected chi connectivity index (χ1v) is 7.17. The van der Waals surface area contributed by atoms with Gasteiger partial charge in [-0.3, -0.25) is 9.59 Å². The normalized spacial score (nSPS) is 15.9. The Morgan fingerprint density at radius 2 is 1.86 bits per heavy atom. The van der Waals surface area contributed by atoms with Crippen molar-refractivity contribution in [1.29, 1.82) is 0 Å². The van der Waals surface area contributed by atoms with Gasteiger partial charge in [0.25, 0.3) is 0 Å². The van der Waals surface area contributed by atoms with Crippen LogP contribution in [-0.4, -0.2) is 43.8 Å². The maximum atomic E-state index is 13.9. The Bertz CT molecular complexity index is 549. The third kappa shape index (κ3) is 3.23. The Morgan fingerprint density at radius 1 is 1.24 bits per heavy atom. The fourth-order valence-electron chi connectivity index (χ4n) is 2.86. The summed E-state index contributed by atoms with van der Waals surface area (Å²) in [4.78, 5) is 27.2. The zero-order chi connectivity index (χ0) is 15.6. The first-order valence-electron chi connectivity index (χ1n) is 7.17. The van der Waals surface area contributed by atoms with E-state index < -0.39 is 5.82 Å². The second kappa shape index (κ2) is 6.24. The number of amides is 1. The standard InChI is InChI=1S/C16H21FN2O2/c1-11(20)15-13(17)5-4-6-14(15)19-9-7-12(8-10-19)16(21)18(2)3/h4-6,12H,7-10H2,1-3H3. The smallest absolute Gasteiger partial charge is 0.225 e. The van der Waals surface area contributed by atoms with Gasteiger partial charge in [0.05, 0.1) is 11.3 Å². The number of carbonyl (C=O) groups is 2. The molecule has 0 N–H and O–H groups in total. The van der Waals surface area contributed by atoms with Crippen molar-refractivity contribution in [2.24, 2.45) is 5.92 Å². The number of benzene rings is 1. The molecule has 0 bridgehead atoms. The monoisotopic (exact) mass is 292 g/mol. The molecular weight excluding hydrogens is 271 g/mol. The van der Waals surface area contributed by atoms with E-state index in [1.165, 1.54) is 13.0 Å². The molecule has 1 heterocycles. The molecule has 0 spiro atoms. The van der Waals surface area contributed by atoms with Crippen LogP contribution in [0.2, 0.25) is 0 Å². The third-order valence-corrected chi connectivity index (χ3v) is 3.97. The van der Waals surface area contributed by atoms with Crippen LogP contribution in [0.15, 0.2) is 18.2 Å². The molecule has 4 nitrogen and oxygen atoms in total. The summed E-state index contributed by atoms with van der Waals surface area (Å²) in [6.07, 6.45) is 1.45. The van der Waals surface area contributed by atoms with Gasteiger partial charge < -0.3 is 9.80 Å². The van der Waals surface area contributed by atoms with Crippen LogP contribution in [0.4, 0.5) is 10.1 Å². The molecule has 2 rings (SSSR count). The molecule has 1 amide bonds. The molecule has 114 valence electrons. The first-order chi connectivity index (χ1) is 9.91. The highest BCUT2D eigenvalue weighted by Gasteiger charge is 2.28. The second-order valence-electron chi connectivity index (χ2n) is 5.68. The molecule has 5 heteroatoms. The number of halogens is 1. The van der Waals surface area contributed by atoms with Gasteiger partial charge in [0.1, 0.15) is 5.82 Å². The third-order valence-electron chi connectivity index (χ3n) is 3.97. The van der Waals surface area contributed by atoms with Crippen LogP contribution in [0, 0.1) is 11.7 Å². The van der Waals surface area contributed by atoms with Crippen LogP contribution in [0.25, 0.3) is 0 Å². The van der Waals surface area contributed by atoms with Crippen molar-refractivity contribution in [2.45, 2.75) is 19.8 Å². The largest absolute Gasteiger partial charge is 0.371 e. The van der Waals surface area contributed by atoms with Crippen LogP contribution in [-0.2, 0) is 4.79 Å². The highest BCUT2D eigenvalue weighted by atomic mass is 19.1. The number of hydrogen-bond acceptors (Lipinski definition) is 3. The van der Waals surface area contributed by atoms with E-state index in [1.807, 2.05) is 4.90 Å². The SMILES string of the molecule is CC(=O)c1c(F)cccc1N1CCC(C(=O)N(C)C)CC1. The van der Waals surface area contributed by atoms with Crippen LogP contribution < -0.4 is 4.90 Å². The maximum absolute atomic E-state index is 13.9. The second-order valence-corrected chi connectivity index (χ2v) is 5.68. The number of nitrogens with zero attached hydrogens (tertiary/aromatic N) is 2. The molecule has 21 heavy (non-hydrogen) atoms. The van der Waals surface area contributed by atoms with Crippen LogP contribution in [0.3, 0.4) is 0 Å². The summed E-state index contributed by atoms with van der Waals surface area (Å²) >= 11 is 0. The van der Waals surface area contributed by atoms with Crippen molar-refractivity contribution in [1.82, 2.24) is 4.90 Å². The minimum absolute atomic E-state index is 0.0191. The van der Waals surface area contributed by atoms with E-state index in [-0.39, 0.29) is 23.2 Å². The Balaban J connectivity index is 2.15. The quantitative estimate of drug-likeness (QED) is 0.803. The van der Waals surface area contributed by atoms with Gasteiger partial charge in [-0.1, -0.05) is 6.07 Å². The molecule has 1 aliphatic rings. The minimum Gasteiger partial charge on any atom is -0.371 e. The Kier molecular flexibility index (Phi) is 4.60. The van der Waals surface area contributed by atoms with Crippen LogP contribution in [0.1, 0.15) is 30.1 Å². The zero-order valence-electron chi connectivity index (χ0n) is 12.7. The Labute approximate surface area is 124 Å². The summed E-state index contributed by atoms with van der Waals surface area (Å²) < 4.78 is 13.9. The summed E-state index contributed by atoms with van der Waals surface area (Å²) in [5.41, 5.74) is 0.785. The molecule has 0 aromatic heterocycles. The first kappa shape index (κ1) is 15.5. The molecule has 1 aromatic carbocycles. The van der Waals surface area contributed by atoms with Gasteiger partial charge in [-0.05, 0) is 31.9 Å². The predicted octanol–water partition coefficient (Wildman–Crippen LogP) is 2.33. The Hall–Kier alpha value is -1.91. The molecule has 0 radical (unpaired) electrons. The molecule has 0 saturated carbocycles. The van der Waals surface area contributed by atoms with Crippen LogP contribution >= 0.6 is 0 Å². The predicted molar refractivity (Wildman–Crippen MR) is 80.0 cm³/mol. The van der Waals surface area contributed by atoms with Gasteiger partial charge in [0.2, 0.25) is 5.91 Å². The molecule has 1 fully saturated rings. The van der Waals surface area contributed by atoms with E-state index in [9.17, 15) is 14.0 Å². The van der Waals surface area contributed by atoms with Gasteiger partial charge >= 0.3 is 0 Å². The molecule has 0 unspecified atom stereocenters. The van der Waals surface area contributed by atoms with Crippen molar-refractivity contribution in [3.05, 3.63) is 29.6 Å². The lowest BCUT2D eigenvalue weighted by Crippen LogP contribution is -2.40. The summed E-state index contributed by atoms with van der Waals surface area (Å²) in [5.74, 6) is -0.590. The summed E-state index contributed by atoms with van der Waals surface area (Å²) in [6.45, 7) is 2.70. The van der Waals surface area contributed by atoms with Crippen molar-refractivity contribution in [3.63, 3.8) is 0 Å². The number of Topliss-reactive ketones (excluding diaryl/α,β-unsaturated/α-hetero) is 1. The van der Waals surface area contributed by atoms with Crippen molar-refractivity contribution in [2.75, 3.05) is 32.1 Å². The highest BCUT2D eigenvalue weighted by molar-refractivity contribution is 6.00. The lowest BCUT2D eigenvalue weighted by atomic mass is 9.94. The molecule has 1 aromatic rings. The summed E-state index contributed by atoms with van der Waals surface area (Å²) in [7, 11) is 3.52. The number of piperidine rings is 1. The summed E-state index contributed by atoms with van der Waals surface area (Å²) in [6, 6.07) is 4.70. The van der Waals surface area contributed by atoms with E-state index >= 15 is 0 Å². The number of ketones is 1. The number of hydrogen-bond donors (Lipinski definition) is 0. The lowest BCUT2D eigenvalue weighted by molar-refractivity contribution is -0.133. The average Bonchev–Trinajstić information content (AvgIpc) is 2.46. The van der Waals surface area contributed by atoms with E-state index in [4.69, 9.17) is 0 Å². The van der Waals surface area contributed by atoms with E-state index in [0.717, 1.165) is 12.8 Å². The highest BCUT2D eigenvalue weighted by Crippen LogP contribution is 2.28. The number of anilines is 1. The zero-order valence-corrected chi connectivity index (χ0v) is 12.7. The number of rotatable bonds is 3. The molecule has 1 saturated heterocycles. The molecule has 0 aliphatic carbocycles. The summed E-state index contributed by atoms with van der Waals surface area (Å²) in [5, 5.41) is 0. The van der Waals surface area contributed by atoms with Crippen molar-refractivity contribution < 1.29 is 14.0 Å². The van der Waals surface area contributed by atoms with E-state index in [2.05, 4.69) is 0 Å². The fraction of sp³-hybridized carbons (Fsp3) is 0.500. The fourth-order valence-corrected chi connectivity index (χ4v) is 2.86.